The molecular weight excluding hydrogens is 526 g/mol. The Hall–Kier alpha value is -3.04. The van der Waals surface area contributed by atoms with Gasteiger partial charge in [0.2, 0.25) is 0 Å². The summed E-state index contributed by atoms with van der Waals surface area (Å²) in [6, 6.07) is 15.5. The summed E-state index contributed by atoms with van der Waals surface area (Å²) in [7, 11) is 3.49. The number of thiophene rings is 1. The molecule has 3 aromatic heterocycles. The standard InChI is InChI=1S/C26H26BrN5O2S/c1-31(2)26(34)16-9-10-21-20(14-16)30-24(19-8-3-4-13-28-19)32(21)18-7-5-6-17(15-18)29-25(33)22-11-12-23(27)35-22/h3-4,8-14,17-18H,5-7,15H2,1-2H3,(H,29,33). The van der Waals surface area contributed by atoms with Gasteiger partial charge in [0.25, 0.3) is 11.8 Å². The van der Waals surface area contributed by atoms with E-state index >= 15 is 0 Å². The van der Waals surface area contributed by atoms with Gasteiger partial charge in [0, 0.05) is 37.9 Å². The van der Waals surface area contributed by atoms with E-state index in [2.05, 4.69) is 30.8 Å². The van der Waals surface area contributed by atoms with Crippen LogP contribution >= 0.6 is 27.3 Å². The number of hydrogen-bond acceptors (Lipinski definition) is 5. The second kappa shape index (κ2) is 9.91. The lowest BCUT2D eigenvalue weighted by Gasteiger charge is -2.32. The van der Waals surface area contributed by atoms with E-state index in [0.29, 0.717) is 10.4 Å². The van der Waals surface area contributed by atoms with Gasteiger partial charge in [0.15, 0.2) is 5.82 Å². The van der Waals surface area contributed by atoms with E-state index in [9.17, 15) is 9.59 Å². The number of carbonyl (C=O) groups excluding carboxylic acids is 2. The van der Waals surface area contributed by atoms with Gasteiger partial charge in [-0.1, -0.05) is 6.07 Å². The molecule has 1 N–H and O–H groups in total. The highest BCUT2D eigenvalue weighted by Crippen LogP contribution is 2.36. The van der Waals surface area contributed by atoms with Gasteiger partial charge < -0.3 is 14.8 Å². The van der Waals surface area contributed by atoms with E-state index in [4.69, 9.17) is 4.98 Å². The van der Waals surface area contributed by atoms with E-state index in [1.54, 1.807) is 25.2 Å². The maximum Gasteiger partial charge on any atom is 0.261 e. The smallest absolute Gasteiger partial charge is 0.261 e. The molecule has 35 heavy (non-hydrogen) atoms. The molecule has 1 aromatic carbocycles. The molecule has 1 saturated carbocycles. The van der Waals surface area contributed by atoms with Crippen molar-refractivity contribution in [1.82, 2.24) is 24.8 Å². The first-order valence-electron chi connectivity index (χ1n) is 11.6. The van der Waals surface area contributed by atoms with Gasteiger partial charge >= 0.3 is 0 Å². The second-order valence-corrected chi connectivity index (χ2v) is 11.5. The van der Waals surface area contributed by atoms with Crippen LogP contribution in [0.2, 0.25) is 0 Å². The number of amides is 2. The highest BCUT2D eigenvalue weighted by atomic mass is 79.9. The zero-order chi connectivity index (χ0) is 24.5. The number of pyridine rings is 1. The van der Waals surface area contributed by atoms with Crippen LogP contribution in [0.1, 0.15) is 51.8 Å². The predicted octanol–water partition coefficient (Wildman–Crippen LogP) is 5.54. The molecule has 1 aliphatic rings. The third-order valence-corrected chi connectivity index (χ3v) is 8.00. The van der Waals surface area contributed by atoms with Crippen LogP contribution < -0.4 is 5.32 Å². The van der Waals surface area contributed by atoms with E-state index in [-0.39, 0.29) is 23.9 Å². The fourth-order valence-corrected chi connectivity index (χ4v) is 6.05. The molecule has 0 aliphatic heterocycles. The summed E-state index contributed by atoms with van der Waals surface area (Å²) in [5.74, 6) is 0.703. The zero-order valence-corrected chi connectivity index (χ0v) is 22.0. The monoisotopic (exact) mass is 551 g/mol. The Labute approximate surface area is 216 Å². The Balaban J connectivity index is 1.50. The van der Waals surface area contributed by atoms with E-state index < -0.39 is 0 Å². The van der Waals surface area contributed by atoms with Crippen LogP contribution in [0.15, 0.2) is 58.5 Å². The number of fused-ring (bicyclic) bond motifs is 1. The van der Waals surface area contributed by atoms with Crippen molar-refractivity contribution in [2.45, 2.75) is 37.8 Å². The summed E-state index contributed by atoms with van der Waals surface area (Å²) < 4.78 is 3.20. The second-order valence-electron chi connectivity index (χ2n) is 9.02. The Morgan fingerprint density at radius 1 is 1.14 bits per heavy atom. The highest BCUT2D eigenvalue weighted by molar-refractivity contribution is 9.11. The SMILES string of the molecule is CN(C)C(=O)c1ccc2c(c1)nc(-c1ccccn1)n2C1CCCC(NC(=O)c2ccc(Br)s2)C1. The van der Waals surface area contributed by atoms with Gasteiger partial charge in [-0.25, -0.2) is 4.98 Å². The fourth-order valence-electron chi connectivity index (χ4n) is 4.76. The summed E-state index contributed by atoms with van der Waals surface area (Å²) in [6.45, 7) is 0. The average Bonchev–Trinajstić information content (AvgIpc) is 3.47. The van der Waals surface area contributed by atoms with Gasteiger partial charge in [0.1, 0.15) is 5.69 Å². The van der Waals surface area contributed by atoms with Crippen molar-refractivity contribution in [2.24, 2.45) is 0 Å². The minimum atomic E-state index is -0.0542. The van der Waals surface area contributed by atoms with Crippen LogP contribution in [0.5, 0.6) is 0 Å². The summed E-state index contributed by atoms with van der Waals surface area (Å²) in [5, 5.41) is 3.24. The number of halogens is 1. The maximum absolute atomic E-state index is 12.8. The Morgan fingerprint density at radius 2 is 2.00 bits per heavy atom. The molecule has 0 saturated heterocycles. The largest absolute Gasteiger partial charge is 0.349 e. The minimum absolute atomic E-state index is 0.0290. The molecule has 4 aromatic rings. The fraction of sp³-hybridized carbons (Fsp3) is 0.308. The van der Waals surface area contributed by atoms with Crippen molar-refractivity contribution < 1.29 is 9.59 Å². The van der Waals surface area contributed by atoms with Crippen LogP contribution in [-0.4, -0.2) is 51.4 Å². The maximum atomic E-state index is 12.8. The van der Waals surface area contributed by atoms with E-state index in [1.165, 1.54) is 11.3 Å². The van der Waals surface area contributed by atoms with Gasteiger partial charge in [-0.05, 0) is 84.1 Å². The lowest BCUT2D eigenvalue weighted by Crippen LogP contribution is -2.38. The quantitative estimate of drug-likeness (QED) is 0.353. The Bertz CT molecular complexity index is 1380. The molecule has 0 bridgehead atoms. The van der Waals surface area contributed by atoms with Crippen LogP contribution in [0.4, 0.5) is 0 Å². The summed E-state index contributed by atoms with van der Waals surface area (Å²) in [5.41, 5.74) is 3.14. The number of aromatic nitrogens is 3. The molecule has 2 atom stereocenters. The summed E-state index contributed by atoms with van der Waals surface area (Å²) >= 11 is 4.88. The van der Waals surface area contributed by atoms with Gasteiger partial charge in [-0.3, -0.25) is 14.6 Å². The molecule has 3 heterocycles. The van der Waals surface area contributed by atoms with E-state index in [1.807, 2.05) is 48.5 Å². The molecule has 2 unspecified atom stereocenters. The molecule has 1 aliphatic carbocycles. The van der Waals surface area contributed by atoms with Crippen LogP contribution in [-0.2, 0) is 0 Å². The third kappa shape index (κ3) is 4.88. The zero-order valence-electron chi connectivity index (χ0n) is 19.6. The molecule has 0 radical (unpaired) electrons. The average molecular weight is 552 g/mol. The molecule has 1 fully saturated rings. The number of nitrogens with one attached hydrogen (secondary N) is 1. The predicted molar refractivity (Wildman–Crippen MR) is 142 cm³/mol. The Kier molecular flexibility index (Phi) is 6.71. The number of nitrogens with zero attached hydrogens (tertiary/aromatic N) is 4. The van der Waals surface area contributed by atoms with Crippen LogP contribution in [0, 0.1) is 0 Å². The third-order valence-electron chi connectivity index (χ3n) is 6.38. The molecule has 9 heteroatoms. The van der Waals surface area contributed by atoms with Crippen molar-refractivity contribution >= 4 is 50.1 Å². The van der Waals surface area contributed by atoms with Gasteiger partial charge in [-0.2, -0.15) is 0 Å². The Morgan fingerprint density at radius 3 is 2.71 bits per heavy atom. The highest BCUT2D eigenvalue weighted by Gasteiger charge is 2.29. The molecule has 7 nitrogen and oxygen atoms in total. The summed E-state index contributed by atoms with van der Waals surface area (Å²) in [4.78, 5) is 37.1. The van der Waals surface area contributed by atoms with Crippen molar-refractivity contribution in [1.29, 1.82) is 0 Å². The lowest BCUT2D eigenvalue weighted by atomic mass is 9.90. The van der Waals surface area contributed by atoms with Gasteiger partial charge in [-0.15, -0.1) is 11.3 Å². The minimum Gasteiger partial charge on any atom is -0.349 e. The number of benzene rings is 1. The number of carbonyl (C=O) groups is 2. The molecular formula is C26H26BrN5O2S. The van der Waals surface area contributed by atoms with Crippen molar-refractivity contribution in [3.63, 3.8) is 0 Å². The number of rotatable bonds is 5. The first kappa shape index (κ1) is 23.7. The van der Waals surface area contributed by atoms with Crippen molar-refractivity contribution in [3.8, 4) is 11.5 Å². The molecule has 0 spiro atoms. The topological polar surface area (TPSA) is 80.1 Å². The first-order chi connectivity index (χ1) is 16.9. The molecule has 5 rings (SSSR count). The van der Waals surface area contributed by atoms with Crippen molar-refractivity contribution in [3.05, 3.63) is 69.0 Å². The summed E-state index contributed by atoms with van der Waals surface area (Å²) in [6.07, 6.45) is 5.51. The lowest BCUT2D eigenvalue weighted by molar-refractivity contribution is 0.0827. The van der Waals surface area contributed by atoms with Crippen molar-refractivity contribution in [2.75, 3.05) is 14.1 Å². The normalized spacial score (nSPS) is 17.9. The van der Waals surface area contributed by atoms with Crippen LogP contribution in [0.3, 0.4) is 0 Å². The molecule has 180 valence electrons. The molecule has 2 amide bonds. The first-order valence-corrected chi connectivity index (χ1v) is 13.2. The van der Waals surface area contributed by atoms with Gasteiger partial charge in [0.05, 0.1) is 19.7 Å². The number of hydrogen-bond donors (Lipinski definition) is 1. The van der Waals surface area contributed by atoms with Crippen LogP contribution in [0.25, 0.3) is 22.6 Å². The number of imidazole rings is 1. The van der Waals surface area contributed by atoms with E-state index in [0.717, 1.165) is 52.0 Å².